The van der Waals surface area contributed by atoms with E-state index in [-0.39, 0.29) is 0 Å². The maximum absolute atomic E-state index is 5.78. The van der Waals surface area contributed by atoms with Crippen LogP contribution in [0.25, 0.3) is 11.5 Å². The molecule has 0 N–H and O–H groups in total. The van der Waals surface area contributed by atoms with Gasteiger partial charge in [-0.25, -0.2) is 4.98 Å². The lowest BCUT2D eigenvalue weighted by molar-refractivity contribution is 0.535. The van der Waals surface area contributed by atoms with Crippen LogP contribution in [0.5, 0.6) is 0 Å². The number of rotatable bonds is 3. The molecule has 1 aromatic carbocycles. The van der Waals surface area contributed by atoms with Gasteiger partial charge in [0.25, 0.3) is 0 Å². The van der Waals surface area contributed by atoms with Crippen LogP contribution in [0.4, 0.5) is 0 Å². The van der Waals surface area contributed by atoms with Gasteiger partial charge in [-0.15, -0.1) is 0 Å². The average molecular weight is 253 g/mol. The molecule has 2 aromatic heterocycles. The first-order chi connectivity index (χ1) is 9.24. The van der Waals surface area contributed by atoms with Crippen molar-refractivity contribution in [2.75, 3.05) is 0 Å². The highest BCUT2D eigenvalue weighted by molar-refractivity contribution is 5.58. The maximum Gasteiger partial charge on any atom is 0.226 e. The second-order valence-electron chi connectivity index (χ2n) is 4.54. The first-order valence-electron chi connectivity index (χ1n) is 6.24. The molecule has 0 saturated heterocycles. The Labute approximate surface area is 111 Å². The minimum Gasteiger partial charge on any atom is -0.441 e. The standard InChI is InChI=1S/C15H15N3O/c1-11-6-3-4-7-13(11)15-17-14(12(2)19-15)10-18-9-5-8-16-18/h3-9H,10H2,1-2H3. The number of nitrogens with zero attached hydrogens (tertiary/aromatic N) is 3. The summed E-state index contributed by atoms with van der Waals surface area (Å²) in [5, 5.41) is 4.19. The van der Waals surface area contributed by atoms with Crippen LogP contribution >= 0.6 is 0 Å². The van der Waals surface area contributed by atoms with Crippen molar-refractivity contribution in [3.8, 4) is 11.5 Å². The highest BCUT2D eigenvalue weighted by atomic mass is 16.4. The van der Waals surface area contributed by atoms with E-state index < -0.39 is 0 Å². The lowest BCUT2D eigenvalue weighted by atomic mass is 10.1. The number of hydrogen-bond acceptors (Lipinski definition) is 3. The maximum atomic E-state index is 5.78. The van der Waals surface area contributed by atoms with Gasteiger partial charge >= 0.3 is 0 Å². The number of oxazole rings is 1. The fraction of sp³-hybridized carbons (Fsp3) is 0.200. The third-order valence-corrected chi connectivity index (χ3v) is 3.14. The Hall–Kier alpha value is -2.36. The highest BCUT2D eigenvalue weighted by Gasteiger charge is 2.13. The molecule has 0 aliphatic carbocycles. The monoisotopic (exact) mass is 253 g/mol. The van der Waals surface area contributed by atoms with E-state index in [9.17, 15) is 0 Å². The zero-order chi connectivity index (χ0) is 13.2. The van der Waals surface area contributed by atoms with Crippen molar-refractivity contribution >= 4 is 0 Å². The SMILES string of the molecule is Cc1ccccc1-c1nc(Cn2cccn2)c(C)o1. The zero-order valence-corrected chi connectivity index (χ0v) is 11.0. The molecule has 4 nitrogen and oxygen atoms in total. The number of hydrogen-bond donors (Lipinski definition) is 0. The number of benzene rings is 1. The summed E-state index contributed by atoms with van der Waals surface area (Å²) in [6.07, 6.45) is 3.68. The van der Waals surface area contributed by atoms with Crippen LogP contribution in [-0.4, -0.2) is 14.8 Å². The molecule has 4 heteroatoms. The van der Waals surface area contributed by atoms with E-state index in [0.29, 0.717) is 12.4 Å². The molecule has 2 heterocycles. The highest BCUT2D eigenvalue weighted by Crippen LogP contribution is 2.24. The fourth-order valence-electron chi connectivity index (χ4n) is 2.05. The van der Waals surface area contributed by atoms with Crippen molar-refractivity contribution in [1.29, 1.82) is 0 Å². The van der Waals surface area contributed by atoms with Crippen LogP contribution in [0.3, 0.4) is 0 Å². The van der Waals surface area contributed by atoms with Gasteiger partial charge in [0.1, 0.15) is 11.5 Å². The Bertz CT molecular complexity index is 683. The molecule has 0 aliphatic heterocycles. The van der Waals surface area contributed by atoms with Crippen molar-refractivity contribution in [3.63, 3.8) is 0 Å². The Morgan fingerprint density at radius 3 is 2.74 bits per heavy atom. The molecule has 0 atom stereocenters. The molecule has 0 aliphatic rings. The average Bonchev–Trinajstić information content (AvgIpc) is 3.02. The smallest absolute Gasteiger partial charge is 0.226 e. The van der Waals surface area contributed by atoms with E-state index in [1.54, 1.807) is 6.20 Å². The van der Waals surface area contributed by atoms with Crippen LogP contribution in [0, 0.1) is 13.8 Å². The van der Waals surface area contributed by atoms with Gasteiger partial charge in [0.15, 0.2) is 0 Å². The van der Waals surface area contributed by atoms with E-state index in [4.69, 9.17) is 4.42 Å². The molecule has 0 unspecified atom stereocenters. The summed E-state index contributed by atoms with van der Waals surface area (Å²) in [4.78, 5) is 4.59. The normalized spacial score (nSPS) is 10.8. The molecule has 0 saturated carbocycles. The summed E-state index contributed by atoms with van der Waals surface area (Å²) in [6, 6.07) is 9.99. The third kappa shape index (κ3) is 2.29. The number of aryl methyl sites for hydroxylation is 2. The Morgan fingerprint density at radius 1 is 1.16 bits per heavy atom. The molecule has 0 fully saturated rings. The number of aromatic nitrogens is 3. The minimum absolute atomic E-state index is 0.633. The lowest BCUT2D eigenvalue weighted by Gasteiger charge is -1.99. The van der Waals surface area contributed by atoms with Gasteiger partial charge in [0.05, 0.1) is 6.54 Å². The van der Waals surface area contributed by atoms with Gasteiger partial charge in [-0.05, 0) is 31.5 Å². The molecule has 19 heavy (non-hydrogen) atoms. The largest absolute Gasteiger partial charge is 0.441 e. The van der Waals surface area contributed by atoms with Crippen LogP contribution in [0.2, 0.25) is 0 Å². The van der Waals surface area contributed by atoms with Gasteiger partial charge in [0, 0.05) is 18.0 Å². The van der Waals surface area contributed by atoms with Crippen molar-refractivity contribution in [3.05, 3.63) is 59.7 Å². The summed E-state index contributed by atoms with van der Waals surface area (Å²) < 4.78 is 7.62. The summed E-state index contributed by atoms with van der Waals surface area (Å²) in [5.74, 6) is 1.52. The fourth-order valence-corrected chi connectivity index (χ4v) is 2.05. The topological polar surface area (TPSA) is 43.9 Å². The first-order valence-corrected chi connectivity index (χ1v) is 6.24. The lowest BCUT2D eigenvalue weighted by Crippen LogP contribution is -2.01. The minimum atomic E-state index is 0.633. The van der Waals surface area contributed by atoms with E-state index in [2.05, 4.69) is 23.1 Å². The van der Waals surface area contributed by atoms with E-state index >= 15 is 0 Å². The molecule has 96 valence electrons. The van der Waals surface area contributed by atoms with E-state index in [0.717, 1.165) is 22.6 Å². The predicted molar refractivity (Wildman–Crippen MR) is 72.7 cm³/mol. The molecule has 3 aromatic rings. The van der Waals surface area contributed by atoms with Crippen LogP contribution in [0.1, 0.15) is 17.0 Å². The van der Waals surface area contributed by atoms with Gasteiger partial charge < -0.3 is 4.42 Å². The van der Waals surface area contributed by atoms with Crippen molar-refractivity contribution in [2.45, 2.75) is 20.4 Å². The molecule has 0 spiro atoms. The molecule has 0 amide bonds. The van der Waals surface area contributed by atoms with E-state index in [1.165, 1.54) is 0 Å². The molecule has 3 rings (SSSR count). The molecular formula is C15H15N3O. The van der Waals surface area contributed by atoms with Gasteiger partial charge in [-0.2, -0.15) is 5.10 Å². The first kappa shape index (κ1) is 11.7. The second kappa shape index (κ2) is 4.72. The van der Waals surface area contributed by atoms with E-state index in [1.807, 2.05) is 42.1 Å². The third-order valence-electron chi connectivity index (χ3n) is 3.14. The molecular weight excluding hydrogens is 238 g/mol. The molecule has 0 bridgehead atoms. The Kier molecular flexibility index (Phi) is 2.91. The Morgan fingerprint density at radius 2 is 2.00 bits per heavy atom. The summed E-state index contributed by atoms with van der Waals surface area (Å²) in [7, 11) is 0. The summed E-state index contributed by atoms with van der Waals surface area (Å²) in [6.45, 7) is 4.63. The Balaban J connectivity index is 1.95. The van der Waals surface area contributed by atoms with Gasteiger partial charge in [-0.3, -0.25) is 4.68 Å². The quantitative estimate of drug-likeness (QED) is 0.720. The van der Waals surface area contributed by atoms with Crippen molar-refractivity contribution < 1.29 is 4.42 Å². The van der Waals surface area contributed by atoms with Crippen molar-refractivity contribution in [1.82, 2.24) is 14.8 Å². The summed E-state index contributed by atoms with van der Waals surface area (Å²) in [5.41, 5.74) is 3.12. The van der Waals surface area contributed by atoms with Gasteiger partial charge in [0.2, 0.25) is 5.89 Å². The van der Waals surface area contributed by atoms with Crippen LogP contribution in [0.15, 0.2) is 47.1 Å². The van der Waals surface area contributed by atoms with Crippen LogP contribution < -0.4 is 0 Å². The summed E-state index contributed by atoms with van der Waals surface area (Å²) >= 11 is 0. The molecule has 0 radical (unpaired) electrons. The van der Waals surface area contributed by atoms with Crippen molar-refractivity contribution in [2.24, 2.45) is 0 Å². The predicted octanol–water partition coefficient (Wildman–Crippen LogP) is 3.20. The van der Waals surface area contributed by atoms with Crippen LogP contribution in [-0.2, 0) is 6.54 Å². The van der Waals surface area contributed by atoms with Gasteiger partial charge in [-0.1, -0.05) is 18.2 Å². The second-order valence-corrected chi connectivity index (χ2v) is 4.54. The zero-order valence-electron chi connectivity index (χ0n) is 11.0.